The Balaban J connectivity index is 0.000000320. The summed E-state index contributed by atoms with van der Waals surface area (Å²) in [5, 5.41) is 0. The Bertz CT molecular complexity index is 873. The fraction of sp³-hybridized carbons (Fsp3) is 0.200. The van der Waals surface area contributed by atoms with Crippen molar-refractivity contribution in [2.24, 2.45) is 0 Å². The number of hydrogen-bond donors (Lipinski definition) is 0. The SMILES string of the molecule is C=CCCc1ccc(/C(=C/C)C(=C)F)cc1.C=CCCc1ccc(/C(=C/C)C(=C)F)cc1. The third kappa shape index (κ3) is 8.85. The van der Waals surface area contributed by atoms with Gasteiger partial charge in [0.05, 0.1) is 0 Å². The highest BCUT2D eigenvalue weighted by Crippen LogP contribution is 2.24. The summed E-state index contributed by atoms with van der Waals surface area (Å²) in [6, 6.07) is 15.8. The van der Waals surface area contributed by atoms with E-state index >= 15 is 0 Å². The van der Waals surface area contributed by atoms with Gasteiger partial charge in [0.25, 0.3) is 0 Å². The molecule has 2 aromatic carbocycles. The smallest absolute Gasteiger partial charge is 0.123 e. The minimum absolute atomic E-state index is 0.388. The maximum absolute atomic E-state index is 13.1. The van der Waals surface area contributed by atoms with Crippen LogP contribution in [0.5, 0.6) is 0 Å². The van der Waals surface area contributed by atoms with Crippen molar-refractivity contribution in [3.05, 3.63) is 133 Å². The topological polar surface area (TPSA) is 0 Å². The van der Waals surface area contributed by atoms with Gasteiger partial charge in [-0.1, -0.05) is 86.0 Å². The van der Waals surface area contributed by atoms with E-state index in [1.807, 2.05) is 74.5 Å². The molecule has 0 aromatic heterocycles. The van der Waals surface area contributed by atoms with E-state index in [2.05, 4.69) is 26.3 Å². The van der Waals surface area contributed by atoms with Crippen LogP contribution in [0, 0.1) is 0 Å². The first-order valence-electron chi connectivity index (χ1n) is 10.8. The minimum Gasteiger partial charge on any atom is -0.207 e. The molecule has 0 spiro atoms. The Labute approximate surface area is 192 Å². The third-order valence-corrected chi connectivity index (χ3v) is 4.97. The van der Waals surface area contributed by atoms with Crippen LogP contribution < -0.4 is 0 Å². The molecule has 0 fully saturated rings. The maximum atomic E-state index is 13.1. The number of hydrogen-bond acceptors (Lipinski definition) is 0. The largest absolute Gasteiger partial charge is 0.207 e. The summed E-state index contributed by atoms with van der Waals surface area (Å²) >= 11 is 0. The van der Waals surface area contributed by atoms with E-state index in [0.717, 1.165) is 36.8 Å². The Morgan fingerprint density at radius 3 is 1.19 bits per heavy atom. The van der Waals surface area contributed by atoms with Crippen LogP contribution in [0.25, 0.3) is 11.1 Å². The summed E-state index contributed by atoms with van der Waals surface area (Å²) in [5.74, 6) is -0.775. The van der Waals surface area contributed by atoms with E-state index in [1.165, 1.54) is 11.1 Å². The van der Waals surface area contributed by atoms with Crippen molar-refractivity contribution >= 4 is 11.1 Å². The maximum Gasteiger partial charge on any atom is 0.123 e. The zero-order chi connectivity index (χ0) is 23.9. The Kier molecular flexibility index (Phi) is 12.3. The molecule has 168 valence electrons. The molecule has 0 aliphatic rings. The number of halogens is 2. The van der Waals surface area contributed by atoms with Gasteiger partial charge >= 0.3 is 0 Å². The van der Waals surface area contributed by atoms with E-state index in [0.29, 0.717) is 11.1 Å². The molecule has 0 saturated heterocycles. The van der Waals surface area contributed by atoms with Gasteiger partial charge in [0.2, 0.25) is 0 Å². The van der Waals surface area contributed by atoms with Crippen molar-refractivity contribution in [3.63, 3.8) is 0 Å². The molecule has 0 bridgehead atoms. The standard InChI is InChI=1S/2C15H17F/c2*1-4-6-7-13-8-10-14(11-9-13)15(5-2)12(3)16/h2*4-5,8-11H,1,3,6-7H2,2H3/b2*15-5+. The van der Waals surface area contributed by atoms with Gasteiger partial charge in [0, 0.05) is 11.1 Å². The molecule has 0 atom stereocenters. The van der Waals surface area contributed by atoms with Crippen molar-refractivity contribution < 1.29 is 8.78 Å². The molecule has 0 N–H and O–H groups in total. The molecule has 0 heterocycles. The van der Waals surface area contributed by atoms with Crippen LogP contribution in [0.2, 0.25) is 0 Å². The monoisotopic (exact) mass is 432 g/mol. The van der Waals surface area contributed by atoms with Gasteiger partial charge in [-0.3, -0.25) is 0 Å². The predicted octanol–water partition coefficient (Wildman–Crippen LogP) is 9.38. The zero-order valence-electron chi connectivity index (χ0n) is 19.3. The van der Waals surface area contributed by atoms with Gasteiger partial charge in [-0.2, -0.15) is 0 Å². The Morgan fingerprint density at radius 2 is 0.969 bits per heavy atom. The van der Waals surface area contributed by atoms with Gasteiger partial charge in [0.1, 0.15) is 11.7 Å². The Morgan fingerprint density at radius 1 is 0.656 bits per heavy atom. The zero-order valence-corrected chi connectivity index (χ0v) is 19.3. The van der Waals surface area contributed by atoms with Gasteiger partial charge in [-0.15, -0.1) is 13.2 Å². The van der Waals surface area contributed by atoms with Crippen molar-refractivity contribution in [3.8, 4) is 0 Å². The minimum atomic E-state index is -0.388. The summed E-state index contributed by atoms with van der Waals surface area (Å²) < 4.78 is 26.2. The average Bonchev–Trinajstić information content (AvgIpc) is 2.79. The van der Waals surface area contributed by atoms with Gasteiger partial charge in [-0.05, 0) is 61.8 Å². The lowest BCUT2D eigenvalue weighted by Gasteiger charge is -2.05. The highest BCUT2D eigenvalue weighted by molar-refractivity contribution is 5.76. The van der Waals surface area contributed by atoms with Crippen LogP contribution in [-0.4, -0.2) is 0 Å². The second kappa shape index (κ2) is 14.7. The molecule has 0 unspecified atom stereocenters. The predicted molar refractivity (Wildman–Crippen MR) is 138 cm³/mol. The lowest BCUT2D eigenvalue weighted by molar-refractivity contribution is 0.677. The normalized spacial score (nSPS) is 11.2. The van der Waals surface area contributed by atoms with Crippen LogP contribution in [0.4, 0.5) is 8.78 Å². The molecule has 32 heavy (non-hydrogen) atoms. The van der Waals surface area contributed by atoms with Crippen molar-refractivity contribution in [2.45, 2.75) is 39.5 Å². The lowest BCUT2D eigenvalue weighted by atomic mass is 10.0. The van der Waals surface area contributed by atoms with Crippen LogP contribution >= 0.6 is 0 Å². The molecule has 2 aromatic rings. The first kappa shape index (κ1) is 26.8. The van der Waals surface area contributed by atoms with Gasteiger partial charge < -0.3 is 0 Å². The summed E-state index contributed by atoms with van der Waals surface area (Å²) in [7, 11) is 0. The van der Waals surface area contributed by atoms with Gasteiger partial charge in [-0.25, -0.2) is 8.78 Å². The van der Waals surface area contributed by atoms with Gasteiger partial charge in [0.15, 0.2) is 0 Å². The fourth-order valence-electron chi connectivity index (χ4n) is 3.20. The number of rotatable bonds is 10. The van der Waals surface area contributed by atoms with E-state index in [4.69, 9.17) is 0 Å². The first-order valence-corrected chi connectivity index (χ1v) is 10.8. The van der Waals surface area contributed by atoms with Crippen LogP contribution in [0.15, 0.2) is 111 Å². The molecule has 2 heteroatoms. The first-order chi connectivity index (χ1) is 15.4. The molecule has 0 radical (unpaired) electrons. The average molecular weight is 433 g/mol. The van der Waals surface area contributed by atoms with Crippen molar-refractivity contribution in [2.75, 3.05) is 0 Å². The second-order valence-corrected chi connectivity index (χ2v) is 7.26. The molecule has 0 aliphatic carbocycles. The molecular weight excluding hydrogens is 398 g/mol. The van der Waals surface area contributed by atoms with E-state index in [-0.39, 0.29) is 11.7 Å². The molecule has 0 aliphatic heterocycles. The molecule has 0 saturated carbocycles. The molecule has 2 rings (SSSR count). The Hall–Kier alpha value is -3.26. The third-order valence-electron chi connectivity index (χ3n) is 4.97. The van der Waals surface area contributed by atoms with Crippen LogP contribution in [0.3, 0.4) is 0 Å². The molecule has 0 nitrogen and oxygen atoms in total. The van der Waals surface area contributed by atoms with E-state index in [1.54, 1.807) is 12.2 Å². The van der Waals surface area contributed by atoms with Crippen molar-refractivity contribution in [1.29, 1.82) is 0 Å². The second-order valence-electron chi connectivity index (χ2n) is 7.26. The number of aryl methyl sites for hydroxylation is 2. The number of benzene rings is 2. The number of allylic oxidation sites excluding steroid dienone is 8. The molecule has 0 amide bonds. The van der Waals surface area contributed by atoms with Crippen LogP contribution in [0.1, 0.15) is 48.9 Å². The highest BCUT2D eigenvalue weighted by atomic mass is 19.1. The van der Waals surface area contributed by atoms with E-state index < -0.39 is 0 Å². The van der Waals surface area contributed by atoms with Crippen molar-refractivity contribution in [1.82, 2.24) is 0 Å². The summed E-state index contributed by atoms with van der Waals surface area (Å²) in [4.78, 5) is 0. The summed E-state index contributed by atoms with van der Waals surface area (Å²) in [5.41, 5.74) is 5.35. The molecular formula is C30H34F2. The highest BCUT2D eigenvalue weighted by Gasteiger charge is 2.05. The lowest BCUT2D eigenvalue weighted by Crippen LogP contribution is -1.87. The summed E-state index contributed by atoms with van der Waals surface area (Å²) in [6.07, 6.45) is 11.2. The summed E-state index contributed by atoms with van der Waals surface area (Å²) in [6.45, 7) is 17.7. The van der Waals surface area contributed by atoms with E-state index in [9.17, 15) is 8.78 Å². The fourth-order valence-corrected chi connectivity index (χ4v) is 3.20. The van der Waals surface area contributed by atoms with Crippen LogP contribution in [-0.2, 0) is 12.8 Å². The quantitative estimate of drug-likeness (QED) is 0.259.